The minimum Gasteiger partial charge on any atom is -0.335 e. The maximum Gasteiger partial charge on any atom is 0.264 e. The van der Waals surface area contributed by atoms with Gasteiger partial charge in [0.05, 0.1) is 4.88 Å². The van der Waals surface area contributed by atoms with E-state index in [1.165, 1.54) is 0 Å². The SMILES string of the molecule is C[C@H]1CCCN1C(=O)c1ccc(-c2cccc(Cl)c2)s1. The molecule has 1 saturated heterocycles. The Balaban J connectivity index is 1.85. The van der Waals surface area contributed by atoms with Crippen molar-refractivity contribution in [3.8, 4) is 10.4 Å². The lowest BCUT2D eigenvalue weighted by molar-refractivity contribution is 0.0752. The highest BCUT2D eigenvalue weighted by Gasteiger charge is 2.26. The highest BCUT2D eigenvalue weighted by Crippen LogP contribution is 2.31. The smallest absolute Gasteiger partial charge is 0.264 e. The van der Waals surface area contributed by atoms with Crippen LogP contribution in [0, 0.1) is 0 Å². The number of carbonyl (C=O) groups is 1. The van der Waals surface area contributed by atoms with Crippen molar-refractivity contribution in [2.24, 2.45) is 0 Å². The standard InChI is InChI=1S/C16H16ClNOS/c1-11-4-3-9-18(11)16(19)15-8-7-14(20-15)12-5-2-6-13(17)10-12/h2,5-8,10-11H,3-4,9H2,1H3/t11-/m0/s1. The van der Waals surface area contributed by atoms with Crippen LogP contribution in [0.15, 0.2) is 36.4 Å². The van der Waals surface area contributed by atoms with Crippen LogP contribution in [0.4, 0.5) is 0 Å². The largest absolute Gasteiger partial charge is 0.335 e. The molecule has 0 aliphatic carbocycles. The van der Waals surface area contributed by atoms with Crippen LogP contribution in [0.1, 0.15) is 29.4 Å². The molecule has 20 heavy (non-hydrogen) atoms. The molecule has 1 aromatic heterocycles. The van der Waals surface area contributed by atoms with Crippen LogP contribution < -0.4 is 0 Å². The summed E-state index contributed by atoms with van der Waals surface area (Å²) in [5.41, 5.74) is 1.07. The van der Waals surface area contributed by atoms with Gasteiger partial charge in [-0.25, -0.2) is 0 Å². The zero-order valence-corrected chi connectivity index (χ0v) is 12.9. The predicted octanol–water partition coefficient (Wildman–Crippen LogP) is 4.69. The van der Waals surface area contributed by atoms with Crippen molar-refractivity contribution in [1.82, 2.24) is 4.90 Å². The molecule has 4 heteroatoms. The summed E-state index contributed by atoms with van der Waals surface area (Å²) in [5, 5.41) is 0.719. The van der Waals surface area contributed by atoms with Crippen molar-refractivity contribution in [1.29, 1.82) is 0 Å². The van der Waals surface area contributed by atoms with Gasteiger partial charge in [-0.2, -0.15) is 0 Å². The van der Waals surface area contributed by atoms with Crippen molar-refractivity contribution in [2.45, 2.75) is 25.8 Å². The Labute approximate surface area is 128 Å². The van der Waals surface area contributed by atoms with Gasteiger partial charge in [-0.05, 0) is 49.6 Å². The molecule has 2 aromatic rings. The molecule has 0 saturated carbocycles. The van der Waals surface area contributed by atoms with Crippen LogP contribution in [-0.2, 0) is 0 Å². The molecule has 1 fully saturated rings. The third kappa shape index (κ3) is 2.60. The Morgan fingerprint density at radius 2 is 2.20 bits per heavy atom. The molecule has 2 heterocycles. The van der Waals surface area contributed by atoms with Gasteiger partial charge in [-0.1, -0.05) is 23.7 Å². The van der Waals surface area contributed by atoms with Crippen LogP contribution in [0.25, 0.3) is 10.4 Å². The Morgan fingerprint density at radius 1 is 1.35 bits per heavy atom. The molecule has 1 aromatic carbocycles. The maximum atomic E-state index is 12.5. The number of hydrogen-bond donors (Lipinski definition) is 0. The second-order valence-electron chi connectivity index (χ2n) is 5.16. The van der Waals surface area contributed by atoms with Gasteiger partial charge in [-0.3, -0.25) is 4.79 Å². The van der Waals surface area contributed by atoms with E-state index < -0.39 is 0 Å². The van der Waals surface area contributed by atoms with Crippen molar-refractivity contribution in [3.63, 3.8) is 0 Å². The summed E-state index contributed by atoms with van der Waals surface area (Å²) in [6, 6.07) is 12.0. The van der Waals surface area contributed by atoms with Crippen LogP contribution >= 0.6 is 22.9 Å². The zero-order valence-electron chi connectivity index (χ0n) is 11.3. The van der Waals surface area contributed by atoms with Crippen LogP contribution in [0.3, 0.4) is 0 Å². The van der Waals surface area contributed by atoms with Crippen LogP contribution in [0.2, 0.25) is 5.02 Å². The number of carbonyl (C=O) groups excluding carboxylic acids is 1. The van der Waals surface area contributed by atoms with E-state index in [9.17, 15) is 4.79 Å². The van der Waals surface area contributed by atoms with Crippen molar-refractivity contribution >= 4 is 28.8 Å². The van der Waals surface area contributed by atoms with E-state index >= 15 is 0 Å². The van der Waals surface area contributed by atoms with E-state index in [-0.39, 0.29) is 5.91 Å². The highest BCUT2D eigenvalue weighted by molar-refractivity contribution is 7.17. The lowest BCUT2D eigenvalue weighted by atomic mass is 10.2. The number of rotatable bonds is 2. The van der Waals surface area contributed by atoms with E-state index in [0.717, 1.165) is 39.7 Å². The fourth-order valence-corrected chi connectivity index (χ4v) is 3.77. The second-order valence-corrected chi connectivity index (χ2v) is 6.68. The molecular weight excluding hydrogens is 290 g/mol. The number of likely N-dealkylation sites (tertiary alicyclic amines) is 1. The molecule has 0 radical (unpaired) electrons. The minimum absolute atomic E-state index is 0.160. The summed E-state index contributed by atoms with van der Waals surface area (Å²) in [5.74, 6) is 0.160. The van der Waals surface area contributed by atoms with E-state index in [0.29, 0.717) is 6.04 Å². The van der Waals surface area contributed by atoms with Crippen LogP contribution in [0.5, 0.6) is 0 Å². The lowest BCUT2D eigenvalue weighted by Crippen LogP contribution is -2.32. The number of amides is 1. The Hall–Kier alpha value is -1.32. The van der Waals surface area contributed by atoms with Gasteiger partial charge in [-0.15, -0.1) is 11.3 Å². The second kappa shape index (κ2) is 5.58. The quantitative estimate of drug-likeness (QED) is 0.788. The number of thiophene rings is 1. The van der Waals surface area contributed by atoms with E-state index in [1.807, 2.05) is 41.3 Å². The van der Waals surface area contributed by atoms with E-state index in [4.69, 9.17) is 11.6 Å². The first-order valence-electron chi connectivity index (χ1n) is 6.82. The van der Waals surface area contributed by atoms with Gasteiger partial charge >= 0.3 is 0 Å². The molecule has 1 amide bonds. The van der Waals surface area contributed by atoms with Gasteiger partial charge in [0.15, 0.2) is 0 Å². The molecule has 0 N–H and O–H groups in total. The molecular formula is C16H16ClNOS. The first kappa shape index (κ1) is 13.7. The summed E-state index contributed by atoms with van der Waals surface area (Å²) in [4.78, 5) is 16.4. The number of benzene rings is 1. The summed E-state index contributed by atoms with van der Waals surface area (Å²) in [7, 11) is 0. The third-order valence-corrected chi connectivity index (χ3v) is 5.10. The molecule has 0 unspecified atom stereocenters. The first-order valence-corrected chi connectivity index (χ1v) is 8.01. The average Bonchev–Trinajstić information content (AvgIpc) is 3.07. The van der Waals surface area contributed by atoms with E-state index in [2.05, 4.69) is 6.92 Å². The predicted molar refractivity (Wildman–Crippen MR) is 84.5 cm³/mol. The van der Waals surface area contributed by atoms with Gasteiger partial charge in [0, 0.05) is 22.5 Å². The topological polar surface area (TPSA) is 20.3 Å². The van der Waals surface area contributed by atoms with Gasteiger partial charge in [0.25, 0.3) is 5.91 Å². The van der Waals surface area contributed by atoms with Gasteiger partial charge in [0.1, 0.15) is 0 Å². The molecule has 3 rings (SSSR count). The fourth-order valence-electron chi connectivity index (χ4n) is 2.63. The highest BCUT2D eigenvalue weighted by atomic mass is 35.5. The Kier molecular flexibility index (Phi) is 3.81. The third-order valence-electron chi connectivity index (χ3n) is 3.74. The zero-order chi connectivity index (χ0) is 14.1. The molecule has 0 bridgehead atoms. The Morgan fingerprint density at radius 3 is 2.90 bits per heavy atom. The molecule has 2 nitrogen and oxygen atoms in total. The molecule has 1 aliphatic heterocycles. The Bertz CT molecular complexity index is 637. The van der Waals surface area contributed by atoms with Crippen molar-refractivity contribution in [3.05, 3.63) is 46.3 Å². The monoisotopic (exact) mass is 305 g/mol. The summed E-state index contributed by atoms with van der Waals surface area (Å²) in [6.07, 6.45) is 2.22. The van der Waals surface area contributed by atoms with Crippen molar-refractivity contribution in [2.75, 3.05) is 6.54 Å². The molecule has 1 aliphatic rings. The van der Waals surface area contributed by atoms with E-state index in [1.54, 1.807) is 11.3 Å². The summed E-state index contributed by atoms with van der Waals surface area (Å²) < 4.78 is 0. The van der Waals surface area contributed by atoms with Gasteiger partial charge < -0.3 is 4.90 Å². The first-order chi connectivity index (χ1) is 9.65. The normalized spacial score (nSPS) is 18.5. The number of nitrogens with zero attached hydrogens (tertiary/aromatic N) is 1. The average molecular weight is 306 g/mol. The molecule has 1 atom stereocenters. The minimum atomic E-state index is 0.160. The maximum absolute atomic E-state index is 12.5. The van der Waals surface area contributed by atoms with Crippen LogP contribution in [-0.4, -0.2) is 23.4 Å². The molecule has 0 spiro atoms. The lowest BCUT2D eigenvalue weighted by Gasteiger charge is -2.20. The van der Waals surface area contributed by atoms with Gasteiger partial charge in [0.2, 0.25) is 0 Å². The summed E-state index contributed by atoms with van der Waals surface area (Å²) >= 11 is 7.56. The molecule has 104 valence electrons. The number of hydrogen-bond acceptors (Lipinski definition) is 2. The number of halogens is 1. The summed E-state index contributed by atoms with van der Waals surface area (Å²) in [6.45, 7) is 3.00. The fraction of sp³-hybridized carbons (Fsp3) is 0.312. The van der Waals surface area contributed by atoms with Crippen molar-refractivity contribution < 1.29 is 4.79 Å².